The summed E-state index contributed by atoms with van der Waals surface area (Å²) in [7, 11) is 1.28. The summed E-state index contributed by atoms with van der Waals surface area (Å²) in [6, 6.07) is 12.3. The van der Waals surface area contributed by atoms with Gasteiger partial charge < -0.3 is 15.1 Å². The largest absolute Gasteiger partial charge is 0.416 e. The molecule has 0 saturated carbocycles. The summed E-state index contributed by atoms with van der Waals surface area (Å²) in [5, 5.41) is 3.68. The number of nitrogens with one attached hydrogen (secondary N) is 1. The Balaban J connectivity index is 1.40. The van der Waals surface area contributed by atoms with Gasteiger partial charge in [0.2, 0.25) is 0 Å². The summed E-state index contributed by atoms with van der Waals surface area (Å²) in [5.41, 5.74) is -1.12. The standard InChI is InChI=1S/C33H29F7N4O2/c1-19-13-23(34)7-8-25(19)29-17-24(42-30(45)27-9-11-41-28-6-4-3-5-26(27)28)10-12-44(29)31(46)43(2)18-20-14-21(32(35,36)37)16-22(15-20)33(38,39)40/h3-9,11,13-16,24,29H,10,12,17-18H2,1-2H3,(H,42,45)/t24-,29+/m0/s1. The van der Waals surface area contributed by atoms with E-state index in [-0.39, 0.29) is 30.5 Å². The average Bonchev–Trinajstić information content (AvgIpc) is 2.99. The Morgan fingerprint density at radius 1 is 0.957 bits per heavy atom. The molecule has 4 aromatic rings. The van der Waals surface area contributed by atoms with E-state index in [0.717, 1.165) is 4.90 Å². The number of alkyl halides is 6. The first-order valence-electron chi connectivity index (χ1n) is 14.3. The molecule has 0 aliphatic carbocycles. The van der Waals surface area contributed by atoms with Crippen molar-refractivity contribution in [3.05, 3.63) is 112 Å². The monoisotopic (exact) mass is 646 g/mol. The molecule has 3 amide bonds. The van der Waals surface area contributed by atoms with E-state index in [0.29, 0.717) is 46.1 Å². The van der Waals surface area contributed by atoms with Crippen molar-refractivity contribution in [1.29, 1.82) is 0 Å². The molecule has 2 atom stereocenters. The first-order valence-corrected chi connectivity index (χ1v) is 14.3. The van der Waals surface area contributed by atoms with Crippen molar-refractivity contribution in [3.8, 4) is 0 Å². The molecular formula is C33H29F7N4O2. The van der Waals surface area contributed by atoms with Crippen LogP contribution in [-0.2, 0) is 18.9 Å². The Morgan fingerprint density at radius 3 is 2.28 bits per heavy atom. The zero-order chi connectivity index (χ0) is 33.4. The smallest absolute Gasteiger partial charge is 0.349 e. The number of piperidine rings is 1. The first kappa shape index (κ1) is 32.7. The SMILES string of the molecule is Cc1cc(F)ccc1[C@H]1C[C@@H](NC(=O)c2ccnc3ccccc23)CCN1C(=O)N(C)Cc1cc(C(F)(F)F)cc(C(F)(F)F)c1. The second-order valence-electron chi connectivity index (χ2n) is 11.3. The number of hydrogen-bond acceptors (Lipinski definition) is 3. The van der Waals surface area contributed by atoms with Crippen LogP contribution in [0.1, 0.15) is 57.1 Å². The third-order valence-electron chi connectivity index (χ3n) is 8.06. The van der Waals surface area contributed by atoms with Crippen molar-refractivity contribution in [1.82, 2.24) is 20.1 Å². The molecule has 1 aliphatic heterocycles. The topological polar surface area (TPSA) is 65.5 Å². The highest BCUT2D eigenvalue weighted by Gasteiger charge is 2.38. The van der Waals surface area contributed by atoms with E-state index >= 15 is 0 Å². The van der Waals surface area contributed by atoms with E-state index in [1.807, 2.05) is 0 Å². The predicted molar refractivity (Wildman–Crippen MR) is 156 cm³/mol. The summed E-state index contributed by atoms with van der Waals surface area (Å²) >= 11 is 0. The molecule has 46 heavy (non-hydrogen) atoms. The van der Waals surface area contributed by atoms with Crippen LogP contribution in [0.3, 0.4) is 0 Å². The van der Waals surface area contributed by atoms with E-state index < -0.39 is 54.0 Å². The van der Waals surface area contributed by atoms with Crippen LogP contribution in [0.5, 0.6) is 0 Å². The van der Waals surface area contributed by atoms with E-state index in [1.54, 1.807) is 37.3 Å². The summed E-state index contributed by atoms with van der Waals surface area (Å²) < 4.78 is 94.6. The molecular weight excluding hydrogens is 617 g/mol. The Bertz CT molecular complexity index is 1740. The molecule has 2 heterocycles. The van der Waals surface area contributed by atoms with E-state index in [4.69, 9.17) is 0 Å². The number of carbonyl (C=O) groups is 2. The summed E-state index contributed by atoms with van der Waals surface area (Å²) in [6.07, 6.45) is -7.99. The number of hydrogen-bond donors (Lipinski definition) is 1. The molecule has 3 aromatic carbocycles. The van der Waals surface area contributed by atoms with Crippen LogP contribution in [0.4, 0.5) is 35.5 Å². The molecule has 0 spiro atoms. The second kappa shape index (κ2) is 12.6. The lowest BCUT2D eigenvalue weighted by Gasteiger charge is -2.42. The van der Waals surface area contributed by atoms with Gasteiger partial charge in [0, 0.05) is 37.8 Å². The number of halogens is 7. The highest BCUT2D eigenvalue weighted by molar-refractivity contribution is 6.06. The molecule has 1 aliphatic rings. The van der Waals surface area contributed by atoms with Crippen molar-refractivity contribution in [2.45, 2.75) is 50.7 Å². The maximum Gasteiger partial charge on any atom is 0.416 e. The predicted octanol–water partition coefficient (Wildman–Crippen LogP) is 7.91. The van der Waals surface area contributed by atoms with E-state index in [2.05, 4.69) is 10.3 Å². The Morgan fingerprint density at radius 2 is 1.63 bits per heavy atom. The minimum absolute atomic E-state index is 0.0342. The Kier molecular flexibility index (Phi) is 8.96. The number of amides is 3. The quantitative estimate of drug-likeness (QED) is 0.224. The van der Waals surface area contributed by atoms with E-state index in [1.165, 1.54) is 36.3 Å². The van der Waals surface area contributed by atoms with Crippen LogP contribution in [0.15, 0.2) is 72.9 Å². The third kappa shape index (κ3) is 7.08. The first-order chi connectivity index (χ1) is 21.6. The number of fused-ring (bicyclic) bond motifs is 1. The summed E-state index contributed by atoms with van der Waals surface area (Å²) in [4.78, 5) is 33.9. The molecule has 1 N–H and O–H groups in total. The van der Waals surface area contributed by atoms with Crippen molar-refractivity contribution in [2.24, 2.45) is 0 Å². The molecule has 242 valence electrons. The highest BCUT2D eigenvalue weighted by Crippen LogP contribution is 2.38. The number of aryl methyl sites for hydroxylation is 1. The fourth-order valence-corrected chi connectivity index (χ4v) is 5.86. The number of rotatable bonds is 5. The van der Waals surface area contributed by atoms with Gasteiger partial charge in [0.1, 0.15) is 5.82 Å². The van der Waals surface area contributed by atoms with Gasteiger partial charge in [-0.05, 0) is 78.9 Å². The van der Waals surface area contributed by atoms with Gasteiger partial charge in [0.15, 0.2) is 0 Å². The number of aromatic nitrogens is 1. The molecule has 0 bridgehead atoms. The fraction of sp³-hybridized carbons (Fsp3) is 0.303. The maximum atomic E-state index is 14.0. The second-order valence-corrected chi connectivity index (χ2v) is 11.3. The minimum atomic E-state index is -5.03. The molecule has 1 aromatic heterocycles. The average molecular weight is 647 g/mol. The van der Waals surface area contributed by atoms with Gasteiger partial charge in [0.05, 0.1) is 28.2 Å². The van der Waals surface area contributed by atoms with E-state index in [9.17, 15) is 40.3 Å². The number of para-hydroxylation sites is 1. The molecule has 13 heteroatoms. The van der Waals surface area contributed by atoms with Crippen LogP contribution in [0.2, 0.25) is 0 Å². The van der Waals surface area contributed by atoms with Gasteiger partial charge in [-0.2, -0.15) is 26.3 Å². The van der Waals surface area contributed by atoms with Gasteiger partial charge >= 0.3 is 18.4 Å². The Labute approximate surface area is 259 Å². The van der Waals surface area contributed by atoms with Gasteiger partial charge in [-0.1, -0.05) is 24.3 Å². The number of pyridine rings is 1. The summed E-state index contributed by atoms with van der Waals surface area (Å²) in [6.45, 7) is 1.23. The van der Waals surface area contributed by atoms with Crippen LogP contribution in [0, 0.1) is 12.7 Å². The van der Waals surface area contributed by atoms with Gasteiger partial charge in [0.25, 0.3) is 5.91 Å². The molecule has 6 nitrogen and oxygen atoms in total. The minimum Gasteiger partial charge on any atom is -0.349 e. The van der Waals surface area contributed by atoms with Crippen LogP contribution < -0.4 is 5.32 Å². The molecule has 1 fully saturated rings. The van der Waals surface area contributed by atoms with Crippen molar-refractivity contribution >= 4 is 22.8 Å². The normalized spacial score (nSPS) is 17.2. The lowest BCUT2D eigenvalue weighted by atomic mass is 9.89. The highest BCUT2D eigenvalue weighted by atomic mass is 19.4. The number of urea groups is 1. The lowest BCUT2D eigenvalue weighted by Crippen LogP contribution is -2.51. The van der Waals surface area contributed by atoms with Crippen LogP contribution in [-0.4, -0.2) is 46.4 Å². The zero-order valence-corrected chi connectivity index (χ0v) is 24.7. The van der Waals surface area contributed by atoms with Gasteiger partial charge in [-0.15, -0.1) is 0 Å². The van der Waals surface area contributed by atoms with Crippen LogP contribution >= 0.6 is 0 Å². The Hall–Kier alpha value is -4.68. The lowest BCUT2D eigenvalue weighted by molar-refractivity contribution is -0.143. The maximum absolute atomic E-state index is 14.0. The fourth-order valence-electron chi connectivity index (χ4n) is 5.86. The van der Waals surface area contributed by atoms with Crippen molar-refractivity contribution in [2.75, 3.05) is 13.6 Å². The van der Waals surface area contributed by atoms with Crippen LogP contribution in [0.25, 0.3) is 10.9 Å². The number of carbonyl (C=O) groups excluding carboxylic acids is 2. The number of likely N-dealkylation sites (tertiary alicyclic amines) is 1. The van der Waals surface area contributed by atoms with Gasteiger partial charge in [-0.25, -0.2) is 9.18 Å². The zero-order valence-electron chi connectivity index (χ0n) is 24.7. The third-order valence-corrected chi connectivity index (χ3v) is 8.06. The molecule has 0 radical (unpaired) electrons. The summed E-state index contributed by atoms with van der Waals surface area (Å²) in [5.74, 6) is -0.841. The number of nitrogens with zero attached hydrogens (tertiary/aromatic N) is 3. The van der Waals surface area contributed by atoms with Crippen molar-refractivity contribution in [3.63, 3.8) is 0 Å². The molecule has 5 rings (SSSR count). The van der Waals surface area contributed by atoms with Gasteiger partial charge in [-0.3, -0.25) is 9.78 Å². The molecule has 1 saturated heterocycles. The number of benzene rings is 3. The van der Waals surface area contributed by atoms with Crippen molar-refractivity contribution < 1.29 is 40.3 Å². The molecule has 0 unspecified atom stereocenters.